The number of anilines is 1. The fourth-order valence-corrected chi connectivity index (χ4v) is 2.37. The number of H-pyrrole nitrogens is 1. The van der Waals surface area contributed by atoms with Crippen LogP contribution in [-0.4, -0.2) is 25.1 Å². The van der Waals surface area contributed by atoms with Crippen molar-refractivity contribution in [3.8, 4) is 11.5 Å². The van der Waals surface area contributed by atoms with Crippen LogP contribution in [0.15, 0.2) is 42.6 Å². The van der Waals surface area contributed by atoms with E-state index in [0.717, 1.165) is 0 Å². The summed E-state index contributed by atoms with van der Waals surface area (Å²) in [7, 11) is 3.05. The van der Waals surface area contributed by atoms with Crippen LogP contribution in [0.5, 0.6) is 11.5 Å². The second kappa shape index (κ2) is 6.00. The van der Waals surface area contributed by atoms with Crippen molar-refractivity contribution in [2.24, 2.45) is 0 Å². The summed E-state index contributed by atoms with van der Waals surface area (Å²) >= 11 is 0. The lowest BCUT2D eigenvalue weighted by atomic mass is 10.1. The van der Waals surface area contributed by atoms with Gasteiger partial charge in [0.2, 0.25) is 0 Å². The molecule has 1 amide bonds. The number of aromatic amines is 1. The van der Waals surface area contributed by atoms with Crippen LogP contribution < -0.4 is 14.8 Å². The predicted molar refractivity (Wildman–Crippen MR) is 85.8 cm³/mol. The summed E-state index contributed by atoms with van der Waals surface area (Å²) in [4.78, 5) is 15.4. The number of benzene rings is 2. The molecule has 23 heavy (non-hydrogen) atoms. The number of aromatic nitrogens is 1. The topological polar surface area (TPSA) is 63.3 Å². The van der Waals surface area contributed by atoms with Crippen LogP contribution in [0.3, 0.4) is 0 Å². The molecule has 0 atom stereocenters. The number of rotatable bonds is 4. The molecule has 2 N–H and O–H groups in total. The predicted octanol–water partition coefficient (Wildman–Crippen LogP) is 3.58. The molecule has 0 aliphatic rings. The van der Waals surface area contributed by atoms with Crippen molar-refractivity contribution in [3.05, 3.63) is 54.0 Å². The fourth-order valence-electron chi connectivity index (χ4n) is 2.37. The molecule has 1 heterocycles. The third-order valence-corrected chi connectivity index (χ3v) is 3.55. The maximum atomic E-state index is 13.4. The minimum Gasteiger partial charge on any atom is -0.497 e. The first kappa shape index (κ1) is 14.9. The highest BCUT2D eigenvalue weighted by Gasteiger charge is 2.15. The zero-order chi connectivity index (χ0) is 16.4. The number of carbonyl (C=O) groups excluding carboxylic acids is 1. The molecule has 1 aromatic heterocycles. The Hall–Kier alpha value is -3.02. The molecule has 0 spiro atoms. The average Bonchev–Trinajstić information content (AvgIpc) is 2.98. The normalized spacial score (nSPS) is 10.6. The second-order valence-electron chi connectivity index (χ2n) is 4.91. The monoisotopic (exact) mass is 314 g/mol. The maximum absolute atomic E-state index is 13.4. The van der Waals surface area contributed by atoms with Gasteiger partial charge >= 0.3 is 0 Å². The molecule has 0 saturated carbocycles. The lowest BCUT2D eigenvalue weighted by Gasteiger charge is -2.11. The van der Waals surface area contributed by atoms with Crippen LogP contribution in [0, 0.1) is 5.82 Å². The third-order valence-electron chi connectivity index (χ3n) is 3.55. The first-order chi connectivity index (χ1) is 11.1. The minimum absolute atomic E-state index is 0.356. The van der Waals surface area contributed by atoms with Gasteiger partial charge in [0.15, 0.2) is 0 Å². The highest BCUT2D eigenvalue weighted by atomic mass is 19.1. The molecule has 0 aliphatic carbocycles. The van der Waals surface area contributed by atoms with Gasteiger partial charge in [0.05, 0.1) is 25.5 Å². The number of hydrogen-bond donors (Lipinski definition) is 2. The molecular weight excluding hydrogens is 299 g/mol. The van der Waals surface area contributed by atoms with Gasteiger partial charge in [-0.3, -0.25) is 4.79 Å². The van der Waals surface area contributed by atoms with E-state index in [2.05, 4.69) is 10.3 Å². The molecule has 0 saturated heterocycles. The lowest BCUT2D eigenvalue weighted by Crippen LogP contribution is -2.12. The van der Waals surface area contributed by atoms with Gasteiger partial charge in [-0.15, -0.1) is 0 Å². The Morgan fingerprint density at radius 3 is 2.70 bits per heavy atom. The maximum Gasteiger partial charge on any atom is 0.257 e. The first-order valence-corrected chi connectivity index (χ1v) is 6.92. The molecule has 0 aliphatic heterocycles. The van der Waals surface area contributed by atoms with Crippen LogP contribution in [-0.2, 0) is 0 Å². The first-order valence-electron chi connectivity index (χ1n) is 6.92. The van der Waals surface area contributed by atoms with Gasteiger partial charge in [-0.05, 0) is 30.3 Å². The highest BCUT2D eigenvalue weighted by Crippen LogP contribution is 2.30. The zero-order valence-electron chi connectivity index (χ0n) is 12.6. The van der Waals surface area contributed by atoms with Crippen LogP contribution in [0.4, 0.5) is 10.1 Å². The second-order valence-corrected chi connectivity index (χ2v) is 4.91. The number of fused-ring (bicyclic) bond motifs is 1. The Morgan fingerprint density at radius 1 is 1.13 bits per heavy atom. The third kappa shape index (κ3) is 2.83. The van der Waals surface area contributed by atoms with Gasteiger partial charge in [-0.25, -0.2) is 4.39 Å². The van der Waals surface area contributed by atoms with Gasteiger partial charge in [-0.2, -0.15) is 0 Å². The van der Waals surface area contributed by atoms with Gasteiger partial charge in [0.25, 0.3) is 5.91 Å². The molecule has 0 fully saturated rings. The van der Waals surface area contributed by atoms with Crippen LogP contribution in [0.2, 0.25) is 0 Å². The van der Waals surface area contributed by atoms with E-state index in [1.165, 1.54) is 19.2 Å². The standard InChI is InChI=1S/C17H15FN2O3/c1-22-11-4-6-15(16(8-11)23-2)20-17(21)13-9-19-14-5-3-10(18)7-12(13)14/h3-9,19H,1-2H3,(H,20,21). The molecule has 3 rings (SSSR count). The number of halogens is 1. The molecule has 0 bridgehead atoms. The number of hydrogen-bond acceptors (Lipinski definition) is 3. The Bertz CT molecular complexity index is 873. The van der Waals surface area contributed by atoms with Crippen molar-refractivity contribution in [1.29, 1.82) is 0 Å². The van der Waals surface area contributed by atoms with E-state index in [4.69, 9.17) is 9.47 Å². The van der Waals surface area contributed by atoms with Crippen molar-refractivity contribution in [1.82, 2.24) is 4.98 Å². The van der Waals surface area contributed by atoms with Crippen LogP contribution in [0.1, 0.15) is 10.4 Å². The van der Waals surface area contributed by atoms with E-state index in [1.54, 1.807) is 37.6 Å². The number of methoxy groups -OCH3 is 2. The highest BCUT2D eigenvalue weighted by molar-refractivity contribution is 6.13. The zero-order valence-corrected chi connectivity index (χ0v) is 12.6. The van der Waals surface area contributed by atoms with Crippen molar-refractivity contribution in [3.63, 3.8) is 0 Å². The quantitative estimate of drug-likeness (QED) is 0.774. The van der Waals surface area contributed by atoms with Gasteiger partial charge in [0, 0.05) is 23.2 Å². The van der Waals surface area contributed by atoms with Crippen LogP contribution >= 0.6 is 0 Å². The van der Waals surface area contributed by atoms with Crippen molar-refractivity contribution >= 4 is 22.5 Å². The van der Waals surface area contributed by atoms with E-state index in [1.807, 2.05) is 0 Å². The Kier molecular flexibility index (Phi) is 3.89. The molecular formula is C17H15FN2O3. The van der Waals surface area contributed by atoms with E-state index < -0.39 is 5.82 Å². The summed E-state index contributed by atoms with van der Waals surface area (Å²) < 4.78 is 23.8. The van der Waals surface area contributed by atoms with Crippen molar-refractivity contribution < 1.29 is 18.7 Å². The smallest absolute Gasteiger partial charge is 0.257 e. The number of ether oxygens (including phenoxy) is 2. The van der Waals surface area contributed by atoms with Gasteiger partial charge < -0.3 is 19.8 Å². The van der Waals surface area contributed by atoms with Gasteiger partial charge in [0.1, 0.15) is 17.3 Å². The molecule has 6 heteroatoms. The van der Waals surface area contributed by atoms with Gasteiger partial charge in [-0.1, -0.05) is 0 Å². The van der Waals surface area contributed by atoms with Crippen LogP contribution in [0.25, 0.3) is 10.9 Å². The SMILES string of the molecule is COc1ccc(NC(=O)c2c[nH]c3ccc(F)cc23)c(OC)c1. The van der Waals surface area contributed by atoms with Crippen molar-refractivity contribution in [2.75, 3.05) is 19.5 Å². The Balaban J connectivity index is 1.93. The summed E-state index contributed by atoms with van der Waals surface area (Å²) in [5.74, 6) is 0.344. The Morgan fingerprint density at radius 2 is 1.96 bits per heavy atom. The summed E-state index contributed by atoms with van der Waals surface area (Å²) in [5, 5.41) is 3.29. The largest absolute Gasteiger partial charge is 0.497 e. The average molecular weight is 314 g/mol. The molecule has 0 unspecified atom stereocenters. The summed E-state index contributed by atoms with van der Waals surface area (Å²) in [6.07, 6.45) is 1.55. The molecule has 3 aromatic rings. The summed E-state index contributed by atoms with van der Waals surface area (Å²) in [6, 6.07) is 9.33. The molecule has 2 aromatic carbocycles. The van der Waals surface area contributed by atoms with Crippen molar-refractivity contribution in [2.45, 2.75) is 0 Å². The molecule has 5 nitrogen and oxygen atoms in total. The van der Waals surface area contributed by atoms with E-state index >= 15 is 0 Å². The van der Waals surface area contributed by atoms with E-state index in [0.29, 0.717) is 33.7 Å². The Labute approximate surface area is 132 Å². The summed E-state index contributed by atoms with van der Waals surface area (Å²) in [5.41, 5.74) is 1.56. The van der Waals surface area contributed by atoms with E-state index in [9.17, 15) is 9.18 Å². The molecule has 118 valence electrons. The summed E-state index contributed by atoms with van der Waals surface area (Å²) in [6.45, 7) is 0. The fraction of sp³-hybridized carbons (Fsp3) is 0.118. The number of carbonyl (C=O) groups is 1. The number of nitrogens with one attached hydrogen (secondary N) is 2. The minimum atomic E-state index is -0.395. The lowest BCUT2D eigenvalue weighted by molar-refractivity contribution is 0.102. The molecule has 0 radical (unpaired) electrons. The van der Waals surface area contributed by atoms with E-state index in [-0.39, 0.29) is 5.91 Å². The number of amides is 1.